The quantitative estimate of drug-likeness (QED) is 0.644. The molecule has 1 heterocycles. The molecule has 0 radical (unpaired) electrons. The fraction of sp³-hybridized carbons (Fsp3) is 0.571. The molecule has 0 bridgehead atoms. The van der Waals surface area contributed by atoms with Crippen LogP contribution in [0.3, 0.4) is 0 Å². The van der Waals surface area contributed by atoms with Crippen LogP contribution in [0.25, 0.3) is 0 Å². The maximum absolute atomic E-state index is 4.16. The lowest BCUT2D eigenvalue weighted by Gasteiger charge is -2.36. The molecule has 1 aliphatic rings. The normalized spacial score (nSPS) is 17.2. The van der Waals surface area contributed by atoms with Gasteiger partial charge in [0.05, 0.1) is 5.88 Å². The van der Waals surface area contributed by atoms with Crippen molar-refractivity contribution in [2.75, 3.05) is 43.3 Å². The standard InChI is InChI=1S/C14H23N3S/c1-16(2)13-7-9-17(10-8-13)14-5-3-12(4-6-14)15-11-18/h3-6,13,15,18H,7-11H2,1-2H3. The van der Waals surface area contributed by atoms with Crippen molar-refractivity contribution < 1.29 is 0 Å². The number of rotatable bonds is 4. The first-order chi connectivity index (χ1) is 8.70. The zero-order valence-electron chi connectivity index (χ0n) is 11.3. The average Bonchev–Trinajstić information content (AvgIpc) is 2.40. The Hall–Kier alpha value is -0.870. The Kier molecular flexibility index (Phi) is 4.78. The molecule has 0 aromatic heterocycles. The van der Waals surface area contributed by atoms with Crippen LogP contribution in [0.15, 0.2) is 24.3 Å². The Bertz CT molecular complexity index is 356. The van der Waals surface area contributed by atoms with Crippen LogP contribution in [0, 0.1) is 0 Å². The first-order valence-electron chi connectivity index (χ1n) is 6.57. The van der Waals surface area contributed by atoms with Gasteiger partial charge in [-0.1, -0.05) is 0 Å². The predicted octanol–water partition coefficient (Wildman–Crippen LogP) is 2.52. The molecule has 1 aromatic rings. The molecule has 2 rings (SSSR count). The zero-order chi connectivity index (χ0) is 13.0. The Labute approximate surface area is 116 Å². The highest BCUT2D eigenvalue weighted by molar-refractivity contribution is 7.80. The van der Waals surface area contributed by atoms with Gasteiger partial charge < -0.3 is 15.1 Å². The van der Waals surface area contributed by atoms with Crippen LogP contribution in [-0.4, -0.2) is 44.0 Å². The minimum Gasteiger partial charge on any atom is -0.376 e. The molecule has 0 atom stereocenters. The van der Waals surface area contributed by atoms with Crippen molar-refractivity contribution in [2.45, 2.75) is 18.9 Å². The van der Waals surface area contributed by atoms with E-state index in [1.54, 1.807) is 0 Å². The van der Waals surface area contributed by atoms with Gasteiger partial charge in [-0.3, -0.25) is 0 Å². The molecule has 0 unspecified atom stereocenters. The van der Waals surface area contributed by atoms with Gasteiger partial charge in [-0.05, 0) is 51.2 Å². The largest absolute Gasteiger partial charge is 0.376 e. The van der Waals surface area contributed by atoms with Gasteiger partial charge in [0.25, 0.3) is 0 Å². The van der Waals surface area contributed by atoms with Crippen molar-refractivity contribution in [1.29, 1.82) is 0 Å². The van der Waals surface area contributed by atoms with Crippen LogP contribution < -0.4 is 10.2 Å². The summed E-state index contributed by atoms with van der Waals surface area (Å²) in [5.41, 5.74) is 2.47. The van der Waals surface area contributed by atoms with Gasteiger partial charge in [0.15, 0.2) is 0 Å². The van der Waals surface area contributed by atoms with E-state index in [0.717, 1.165) is 24.8 Å². The number of nitrogens with one attached hydrogen (secondary N) is 1. The molecular weight excluding hydrogens is 242 g/mol. The van der Waals surface area contributed by atoms with E-state index in [0.29, 0.717) is 5.88 Å². The molecule has 1 saturated heterocycles. The van der Waals surface area contributed by atoms with Crippen LogP contribution >= 0.6 is 12.6 Å². The zero-order valence-corrected chi connectivity index (χ0v) is 12.2. The Balaban J connectivity index is 1.93. The molecule has 1 N–H and O–H groups in total. The van der Waals surface area contributed by atoms with E-state index in [9.17, 15) is 0 Å². The Morgan fingerprint density at radius 1 is 1.22 bits per heavy atom. The number of anilines is 2. The Morgan fingerprint density at radius 3 is 2.33 bits per heavy atom. The van der Waals surface area contributed by atoms with Crippen molar-refractivity contribution in [1.82, 2.24) is 4.90 Å². The van der Waals surface area contributed by atoms with Crippen LogP contribution in [0.2, 0.25) is 0 Å². The van der Waals surface area contributed by atoms with Crippen LogP contribution in [0.1, 0.15) is 12.8 Å². The van der Waals surface area contributed by atoms with E-state index in [-0.39, 0.29) is 0 Å². The summed E-state index contributed by atoms with van der Waals surface area (Å²) in [6.45, 7) is 2.31. The van der Waals surface area contributed by atoms with Crippen molar-refractivity contribution in [3.05, 3.63) is 24.3 Å². The van der Waals surface area contributed by atoms with Crippen molar-refractivity contribution in [2.24, 2.45) is 0 Å². The van der Waals surface area contributed by atoms with Gasteiger partial charge in [-0.15, -0.1) is 0 Å². The molecule has 1 fully saturated rings. The molecule has 1 aromatic carbocycles. The van der Waals surface area contributed by atoms with Gasteiger partial charge in [0.2, 0.25) is 0 Å². The molecule has 3 nitrogen and oxygen atoms in total. The van der Waals surface area contributed by atoms with Gasteiger partial charge in [-0.2, -0.15) is 12.6 Å². The van der Waals surface area contributed by atoms with Gasteiger partial charge in [-0.25, -0.2) is 0 Å². The van der Waals surface area contributed by atoms with Crippen molar-refractivity contribution >= 4 is 24.0 Å². The average molecular weight is 265 g/mol. The fourth-order valence-corrected chi connectivity index (χ4v) is 2.70. The molecule has 0 aliphatic carbocycles. The van der Waals surface area contributed by atoms with Crippen molar-refractivity contribution in [3.63, 3.8) is 0 Å². The molecule has 0 spiro atoms. The van der Waals surface area contributed by atoms with Gasteiger partial charge >= 0.3 is 0 Å². The second-order valence-corrected chi connectivity index (χ2v) is 5.38. The summed E-state index contributed by atoms with van der Waals surface area (Å²) in [6.07, 6.45) is 2.51. The third kappa shape index (κ3) is 3.33. The molecule has 4 heteroatoms. The maximum atomic E-state index is 4.16. The summed E-state index contributed by atoms with van der Waals surface area (Å²) in [4.78, 5) is 4.82. The summed E-state index contributed by atoms with van der Waals surface area (Å²) in [5.74, 6) is 0.674. The van der Waals surface area contributed by atoms with Gasteiger partial charge in [0, 0.05) is 30.5 Å². The minimum atomic E-state index is 0.674. The number of piperidine rings is 1. The topological polar surface area (TPSA) is 18.5 Å². The summed E-state index contributed by atoms with van der Waals surface area (Å²) in [7, 11) is 4.36. The number of nitrogens with zero attached hydrogens (tertiary/aromatic N) is 2. The predicted molar refractivity (Wildman–Crippen MR) is 82.8 cm³/mol. The van der Waals surface area contributed by atoms with E-state index in [1.807, 2.05) is 0 Å². The summed E-state index contributed by atoms with van der Waals surface area (Å²) in [6, 6.07) is 9.39. The second kappa shape index (κ2) is 6.34. The van der Waals surface area contributed by atoms with E-state index < -0.39 is 0 Å². The van der Waals surface area contributed by atoms with Crippen LogP contribution in [-0.2, 0) is 0 Å². The smallest absolute Gasteiger partial charge is 0.0581 e. The van der Waals surface area contributed by atoms with E-state index in [2.05, 4.69) is 66.1 Å². The van der Waals surface area contributed by atoms with Crippen molar-refractivity contribution in [3.8, 4) is 0 Å². The Morgan fingerprint density at radius 2 is 1.83 bits per heavy atom. The minimum absolute atomic E-state index is 0.674. The van der Waals surface area contributed by atoms with E-state index in [4.69, 9.17) is 0 Å². The molecule has 0 amide bonds. The van der Waals surface area contributed by atoms with Gasteiger partial charge in [0.1, 0.15) is 0 Å². The second-order valence-electron chi connectivity index (χ2n) is 5.06. The highest BCUT2D eigenvalue weighted by Gasteiger charge is 2.20. The lowest BCUT2D eigenvalue weighted by atomic mass is 10.0. The number of thiol groups is 1. The summed E-state index contributed by atoms with van der Waals surface area (Å²) in [5, 5.41) is 3.20. The lowest BCUT2D eigenvalue weighted by molar-refractivity contribution is 0.249. The molecule has 1 aliphatic heterocycles. The van der Waals surface area contributed by atoms with Crippen LogP contribution in [0.4, 0.5) is 11.4 Å². The number of hydrogen-bond acceptors (Lipinski definition) is 4. The third-order valence-electron chi connectivity index (χ3n) is 3.71. The van der Waals surface area contributed by atoms with Crippen LogP contribution in [0.5, 0.6) is 0 Å². The van der Waals surface area contributed by atoms with E-state index >= 15 is 0 Å². The SMILES string of the molecule is CN(C)C1CCN(c2ccc(NCS)cc2)CC1. The summed E-state index contributed by atoms with van der Waals surface area (Å²) < 4.78 is 0. The first kappa shape index (κ1) is 13.6. The number of hydrogen-bond donors (Lipinski definition) is 2. The highest BCUT2D eigenvalue weighted by atomic mass is 32.1. The molecular formula is C14H23N3S. The first-order valence-corrected chi connectivity index (χ1v) is 7.20. The molecule has 0 saturated carbocycles. The summed E-state index contributed by atoms with van der Waals surface area (Å²) >= 11 is 4.16. The number of benzene rings is 1. The molecule has 18 heavy (non-hydrogen) atoms. The monoisotopic (exact) mass is 265 g/mol. The molecule has 100 valence electrons. The third-order valence-corrected chi connectivity index (χ3v) is 3.87. The maximum Gasteiger partial charge on any atom is 0.0581 e. The lowest BCUT2D eigenvalue weighted by Crippen LogP contribution is -2.41. The highest BCUT2D eigenvalue weighted by Crippen LogP contribution is 2.23. The van der Waals surface area contributed by atoms with E-state index in [1.165, 1.54) is 18.5 Å². The fourth-order valence-electron chi connectivity index (χ4n) is 2.52.